The second-order valence-corrected chi connectivity index (χ2v) is 6.82. The molecule has 1 aliphatic rings. The highest BCUT2D eigenvalue weighted by Crippen LogP contribution is 2.21. The summed E-state index contributed by atoms with van der Waals surface area (Å²) in [5, 5.41) is 3.38. The predicted molar refractivity (Wildman–Crippen MR) is 92.9 cm³/mol. The molecule has 1 fully saturated rings. The second kappa shape index (κ2) is 13.6. The van der Waals surface area contributed by atoms with Gasteiger partial charge in [0.25, 0.3) is 0 Å². The van der Waals surface area contributed by atoms with Crippen molar-refractivity contribution in [1.29, 1.82) is 0 Å². The van der Waals surface area contributed by atoms with Crippen molar-refractivity contribution in [2.45, 2.75) is 109 Å². The molecule has 0 heterocycles. The molecule has 0 aromatic heterocycles. The van der Waals surface area contributed by atoms with Gasteiger partial charge in [0.15, 0.2) is 0 Å². The van der Waals surface area contributed by atoms with E-state index >= 15 is 0 Å². The summed E-state index contributed by atoms with van der Waals surface area (Å²) in [6, 6.07) is 0.738. The van der Waals surface area contributed by atoms with Crippen molar-refractivity contribution < 1.29 is 4.74 Å². The molecular weight excluding hydrogens is 258 g/mol. The van der Waals surface area contributed by atoms with Gasteiger partial charge in [-0.1, -0.05) is 64.7 Å². The third-order valence-electron chi connectivity index (χ3n) is 4.93. The largest absolute Gasteiger partial charge is 0.378 e. The average molecular weight is 298 g/mol. The van der Waals surface area contributed by atoms with Gasteiger partial charge >= 0.3 is 0 Å². The normalized spacial score (nSPS) is 22.6. The van der Waals surface area contributed by atoms with Crippen LogP contribution in [0.3, 0.4) is 0 Å². The van der Waals surface area contributed by atoms with Crippen molar-refractivity contribution in [2.75, 3.05) is 13.7 Å². The quantitative estimate of drug-likeness (QED) is 0.456. The fourth-order valence-corrected chi connectivity index (χ4v) is 3.36. The van der Waals surface area contributed by atoms with Gasteiger partial charge in [0.05, 0.1) is 6.10 Å². The van der Waals surface area contributed by atoms with Gasteiger partial charge in [0, 0.05) is 12.6 Å². The highest BCUT2D eigenvalue weighted by Gasteiger charge is 2.19. The van der Waals surface area contributed by atoms with E-state index in [0.29, 0.717) is 6.10 Å². The number of rotatable bonds is 13. The summed E-state index contributed by atoms with van der Waals surface area (Å²) in [5.41, 5.74) is 0. The van der Waals surface area contributed by atoms with Crippen molar-refractivity contribution in [3.8, 4) is 0 Å². The summed E-state index contributed by atoms with van der Waals surface area (Å²) in [6.45, 7) is 3.28. The summed E-state index contributed by atoms with van der Waals surface area (Å²) in [7, 11) is 2.08. The van der Waals surface area contributed by atoms with Crippen molar-refractivity contribution in [3.63, 3.8) is 0 Å². The van der Waals surface area contributed by atoms with E-state index in [4.69, 9.17) is 4.74 Å². The fraction of sp³-hybridized carbons (Fsp3) is 1.00. The number of unbranched alkanes of at least 4 members (excludes halogenated alkanes) is 9. The molecule has 1 N–H and O–H groups in total. The first-order valence-electron chi connectivity index (χ1n) is 9.65. The minimum absolute atomic E-state index is 0.549. The maximum Gasteiger partial charge on any atom is 0.0576 e. The molecule has 21 heavy (non-hydrogen) atoms. The lowest BCUT2D eigenvalue weighted by Crippen LogP contribution is -2.33. The van der Waals surface area contributed by atoms with Crippen LogP contribution in [-0.2, 0) is 4.74 Å². The molecule has 0 amide bonds. The van der Waals surface area contributed by atoms with Crippen LogP contribution in [0, 0.1) is 0 Å². The van der Waals surface area contributed by atoms with E-state index in [9.17, 15) is 0 Å². The van der Waals surface area contributed by atoms with Gasteiger partial charge in [0.2, 0.25) is 0 Å². The summed E-state index contributed by atoms with van der Waals surface area (Å²) in [4.78, 5) is 0. The molecule has 126 valence electrons. The van der Waals surface area contributed by atoms with Gasteiger partial charge in [0.1, 0.15) is 0 Å². The Hall–Kier alpha value is -0.0800. The van der Waals surface area contributed by atoms with E-state index in [-0.39, 0.29) is 0 Å². The molecule has 0 aromatic rings. The maximum atomic E-state index is 6.02. The van der Waals surface area contributed by atoms with Crippen LogP contribution in [0.25, 0.3) is 0 Å². The molecule has 2 nitrogen and oxygen atoms in total. The topological polar surface area (TPSA) is 21.3 Å². The van der Waals surface area contributed by atoms with Crippen molar-refractivity contribution in [1.82, 2.24) is 5.32 Å². The lowest BCUT2D eigenvalue weighted by atomic mass is 9.93. The number of hydrogen-bond acceptors (Lipinski definition) is 2. The molecule has 0 radical (unpaired) electrons. The van der Waals surface area contributed by atoms with Crippen LogP contribution < -0.4 is 5.32 Å². The Balaban J connectivity index is 1.77. The number of nitrogens with one attached hydrogen (secondary N) is 1. The Morgan fingerprint density at radius 2 is 1.29 bits per heavy atom. The van der Waals surface area contributed by atoms with Crippen LogP contribution in [0.15, 0.2) is 0 Å². The van der Waals surface area contributed by atoms with Crippen LogP contribution >= 0.6 is 0 Å². The average Bonchev–Trinajstić information content (AvgIpc) is 2.53. The van der Waals surface area contributed by atoms with Gasteiger partial charge in [-0.25, -0.2) is 0 Å². The van der Waals surface area contributed by atoms with Crippen molar-refractivity contribution in [2.24, 2.45) is 0 Å². The van der Waals surface area contributed by atoms with E-state index in [1.165, 1.54) is 89.9 Å². The molecule has 0 aliphatic heterocycles. The summed E-state index contributed by atoms with van der Waals surface area (Å²) in [5.74, 6) is 0. The van der Waals surface area contributed by atoms with Gasteiger partial charge < -0.3 is 10.1 Å². The first kappa shape index (κ1) is 19.0. The van der Waals surface area contributed by atoms with Gasteiger partial charge in [-0.3, -0.25) is 0 Å². The summed E-state index contributed by atoms with van der Waals surface area (Å²) in [6.07, 6.45) is 19.7. The third-order valence-corrected chi connectivity index (χ3v) is 4.93. The number of hydrogen-bond donors (Lipinski definition) is 1. The van der Waals surface area contributed by atoms with Crippen LogP contribution in [0.1, 0.15) is 96.8 Å². The molecule has 0 saturated heterocycles. The minimum Gasteiger partial charge on any atom is -0.378 e. The highest BCUT2D eigenvalue weighted by atomic mass is 16.5. The predicted octanol–water partition coefficient (Wildman–Crippen LogP) is 5.45. The van der Waals surface area contributed by atoms with E-state index in [1.807, 2.05) is 0 Å². The molecule has 0 bridgehead atoms. The van der Waals surface area contributed by atoms with E-state index < -0.39 is 0 Å². The lowest BCUT2D eigenvalue weighted by molar-refractivity contribution is 0.0210. The summed E-state index contributed by atoms with van der Waals surface area (Å²) < 4.78 is 6.02. The van der Waals surface area contributed by atoms with Crippen molar-refractivity contribution in [3.05, 3.63) is 0 Å². The van der Waals surface area contributed by atoms with Crippen LogP contribution in [0.4, 0.5) is 0 Å². The Labute approximate surface area is 133 Å². The maximum absolute atomic E-state index is 6.02. The molecule has 2 heteroatoms. The molecule has 1 rings (SSSR count). The van der Waals surface area contributed by atoms with Crippen molar-refractivity contribution >= 4 is 0 Å². The smallest absolute Gasteiger partial charge is 0.0576 e. The van der Waals surface area contributed by atoms with Gasteiger partial charge in [-0.05, 0) is 39.2 Å². The zero-order chi connectivity index (χ0) is 15.2. The summed E-state index contributed by atoms with van der Waals surface area (Å²) >= 11 is 0. The SMILES string of the molecule is CCCCCCCCCCCCOC1CCC(NC)CC1. The monoisotopic (exact) mass is 297 g/mol. The van der Waals surface area contributed by atoms with Gasteiger partial charge in [-0.2, -0.15) is 0 Å². The standard InChI is InChI=1S/C19H39NO/c1-3-4-5-6-7-8-9-10-11-12-17-21-19-15-13-18(20-2)14-16-19/h18-20H,3-17H2,1-2H3. The Morgan fingerprint density at radius 3 is 1.81 bits per heavy atom. The Kier molecular flexibility index (Phi) is 12.3. The molecule has 1 saturated carbocycles. The van der Waals surface area contributed by atoms with Gasteiger partial charge in [-0.15, -0.1) is 0 Å². The van der Waals surface area contributed by atoms with Crippen LogP contribution in [0.5, 0.6) is 0 Å². The van der Waals surface area contributed by atoms with Crippen LogP contribution in [-0.4, -0.2) is 25.8 Å². The fourth-order valence-electron chi connectivity index (χ4n) is 3.36. The zero-order valence-corrected chi connectivity index (χ0v) is 14.7. The third kappa shape index (κ3) is 10.3. The van der Waals surface area contributed by atoms with E-state index in [0.717, 1.165) is 12.6 Å². The minimum atomic E-state index is 0.549. The van der Waals surface area contributed by atoms with Crippen LogP contribution in [0.2, 0.25) is 0 Å². The highest BCUT2D eigenvalue weighted by molar-refractivity contribution is 4.76. The lowest BCUT2D eigenvalue weighted by Gasteiger charge is -2.28. The number of ether oxygens (including phenoxy) is 1. The molecular formula is C19H39NO. The first-order chi connectivity index (χ1) is 10.4. The molecule has 0 spiro atoms. The molecule has 0 aromatic carbocycles. The first-order valence-corrected chi connectivity index (χ1v) is 9.65. The molecule has 0 unspecified atom stereocenters. The molecule has 0 atom stereocenters. The molecule has 1 aliphatic carbocycles. The second-order valence-electron chi connectivity index (χ2n) is 6.82. The zero-order valence-electron chi connectivity index (χ0n) is 14.7. The van der Waals surface area contributed by atoms with E-state index in [2.05, 4.69) is 19.3 Å². The van der Waals surface area contributed by atoms with E-state index in [1.54, 1.807) is 0 Å². The Morgan fingerprint density at radius 1 is 0.762 bits per heavy atom. The Bertz CT molecular complexity index is 212.